The van der Waals surface area contributed by atoms with Gasteiger partial charge in [-0.15, -0.1) is 0 Å². The SMILES string of the molecule is CCCOCC[C@@H]1NC(=O)[C@H](Cc2ccc(CCC(=O)COCCOCCN)cc2)NC(=O)[C@H](Cc2cccnc2)N(C)C(=O)CNC(=O)[C@H](CCO)NC(=O)[C@H]2CCCN2C(=O)[C@H](CC(=O)O)NC(=O)[C@H](CCCCNC(=O)N2CCN(CC(=O)O)CC2)NC(=O)CNC(=O)[C@H](Cc2c[nH]c3ncccc23)NC1=O. The van der Waals surface area contributed by atoms with Crippen LogP contribution in [0.15, 0.2) is 73.3 Å². The number of ketones is 1. The first-order valence-electron chi connectivity index (χ1n) is 37.0. The Bertz CT molecular complexity index is 3770. The van der Waals surface area contributed by atoms with Gasteiger partial charge in [0.15, 0.2) is 5.78 Å². The van der Waals surface area contributed by atoms with Gasteiger partial charge < -0.3 is 103 Å². The van der Waals surface area contributed by atoms with Crippen LogP contribution in [0.1, 0.15) is 93.4 Å². The molecule has 0 spiro atoms. The number of H-pyrrole nitrogens is 1. The second-order valence-corrected chi connectivity index (χ2v) is 27.0. The van der Waals surface area contributed by atoms with Crippen molar-refractivity contribution in [2.24, 2.45) is 5.73 Å². The molecule has 1 aromatic carbocycles. The standard InChI is InChI=1S/C73H103N17O20/c1-3-31-108-32-20-54-68(102)84-56(38-49-41-78-64-51(49)10-7-24-76-64)66(100)79-42-60(93)81-52(11-4-5-23-77-73(107)89-28-26-88(27-29-89)44-63(97)98)67(101)86-57(39-62(95)96)72(106)90-25-8-12-58(90)70(104)83-53(19-30-91)65(99)80-43-61(94)87(2)59(37-48-9-6-22-75-40-48)71(105)85-55(69(103)82-54)36-47-15-13-46(14-16-47)17-18-50(92)45-110-35-34-109-33-21-74/h6-7,9-10,13-16,22,24,40-41,52-59,91H,3-5,8,11-12,17-21,23,25-39,42-45,74H2,1-2H3,(H,76,78)(H,77,107)(H,79,100)(H,80,99)(H,81,93)(H,82,103)(H,83,104)(H,84,102)(H,85,105)(H,86,101)(H,95,96)(H,97,98)/t52-,53-,54-,55-,56-,57-,58+,59-/m0/s1. The molecule has 7 rings (SSSR count). The number of aliphatic hydroxyl groups excluding tert-OH is 1. The van der Waals surface area contributed by atoms with E-state index in [9.17, 15) is 68.1 Å². The second kappa shape index (κ2) is 45.4. The number of aliphatic carboxylic acids is 2. The lowest BCUT2D eigenvalue weighted by molar-refractivity contribution is -0.146. The highest BCUT2D eigenvalue weighted by atomic mass is 16.5. The van der Waals surface area contributed by atoms with Crippen molar-refractivity contribution in [3.63, 3.8) is 0 Å². The highest BCUT2D eigenvalue weighted by molar-refractivity contribution is 6.00. The number of likely N-dealkylation sites (N-methyl/N-ethyl adjacent to an activating group) is 1. The summed E-state index contributed by atoms with van der Waals surface area (Å²) in [6.45, 7) is 1.62. The zero-order chi connectivity index (χ0) is 79.5. The summed E-state index contributed by atoms with van der Waals surface area (Å²) in [5, 5.41) is 53.8. The van der Waals surface area contributed by atoms with Crippen LogP contribution in [0.25, 0.3) is 11.0 Å². The number of nitrogens with zero attached hydrogens (tertiary/aromatic N) is 6. The first-order valence-corrected chi connectivity index (χ1v) is 37.0. The highest BCUT2D eigenvalue weighted by Gasteiger charge is 2.41. The van der Waals surface area contributed by atoms with Gasteiger partial charge in [0.1, 0.15) is 60.6 Å². The van der Waals surface area contributed by atoms with E-state index < -0.39 is 158 Å². The molecule has 110 heavy (non-hydrogen) atoms. The van der Waals surface area contributed by atoms with Gasteiger partial charge in [-0.2, -0.15) is 0 Å². The number of aromatic amines is 1. The molecule has 15 N–H and O–H groups in total. The fourth-order valence-electron chi connectivity index (χ4n) is 12.7. The molecule has 3 fully saturated rings. The number of carboxylic acid groups (broad SMARTS) is 2. The van der Waals surface area contributed by atoms with Crippen LogP contribution >= 0.6 is 0 Å². The van der Waals surface area contributed by atoms with Gasteiger partial charge in [-0.3, -0.25) is 72.2 Å². The third-order valence-electron chi connectivity index (χ3n) is 18.7. The van der Waals surface area contributed by atoms with Gasteiger partial charge in [-0.25, -0.2) is 9.78 Å². The minimum Gasteiger partial charge on any atom is -0.481 e. The second-order valence-electron chi connectivity index (χ2n) is 27.0. The lowest BCUT2D eigenvalue weighted by atomic mass is 9.99. The van der Waals surface area contributed by atoms with Crippen LogP contribution in [0.2, 0.25) is 0 Å². The van der Waals surface area contributed by atoms with E-state index in [4.69, 9.17) is 19.9 Å². The lowest BCUT2D eigenvalue weighted by Crippen LogP contribution is -2.60. The molecule has 37 heteroatoms. The lowest BCUT2D eigenvalue weighted by Gasteiger charge is -2.33. The fourth-order valence-corrected chi connectivity index (χ4v) is 12.7. The largest absolute Gasteiger partial charge is 0.481 e. The molecule has 12 amide bonds. The molecule has 0 saturated carbocycles. The number of rotatable bonds is 32. The van der Waals surface area contributed by atoms with Crippen LogP contribution in [0.4, 0.5) is 4.79 Å². The van der Waals surface area contributed by atoms with Crippen molar-refractivity contribution in [1.82, 2.24) is 82.4 Å². The number of amides is 12. The summed E-state index contributed by atoms with van der Waals surface area (Å²) in [6, 6.07) is 0.642. The molecule has 3 aliphatic heterocycles. The van der Waals surface area contributed by atoms with E-state index in [1.54, 1.807) is 59.6 Å². The monoisotopic (exact) mass is 1540 g/mol. The number of fused-ring (bicyclic) bond motifs is 2. The van der Waals surface area contributed by atoms with Crippen molar-refractivity contribution < 1.29 is 96.7 Å². The van der Waals surface area contributed by atoms with Crippen LogP contribution in [0.3, 0.4) is 0 Å². The fraction of sp³-hybridized carbons (Fsp3) is 0.562. The van der Waals surface area contributed by atoms with Gasteiger partial charge in [-0.05, 0) is 98.2 Å². The number of hydrogen-bond donors (Lipinski definition) is 14. The molecule has 3 saturated heterocycles. The van der Waals surface area contributed by atoms with Crippen molar-refractivity contribution in [3.05, 3.63) is 95.6 Å². The number of nitrogens with one attached hydrogen (secondary N) is 10. The third-order valence-corrected chi connectivity index (χ3v) is 18.7. The molecule has 6 heterocycles. The van der Waals surface area contributed by atoms with Gasteiger partial charge in [0.05, 0.1) is 45.9 Å². The normalized spacial score (nSPS) is 21.7. The van der Waals surface area contributed by atoms with Gasteiger partial charge in [0.25, 0.3) is 0 Å². The molecule has 37 nitrogen and oxygen atoms in total. The van der Waals surface area contributed by atoms with E-state index in [1.807, 2.05) is 6.92 Å². The van der Waals surface area contributed by atoms with E-state index in [2.05, 4.69) is 62.8 Å². The number of nitrogens with two attached hydrogens (primary N) is 1. The minimum absolute atomic E-state index is 0.00860. The highest BCUT2D eigenvalue weighted by Crippen LogP contribution is 2.22. The topological polar surface area (TPSA) is 516 Å². The van der Waals surface area contributed by atoms with E-state index in [1.165, 1.54) is 30.5 Å². The molecule has 600 valence electrons. The van der Waals surface area contributed by atoms with Crippen LogP contribution < -0.4 is 53.6 Å². The molecule has 4 aromatic rings. The summed E-state index contributed by atoms with van der Waals surface area (Å²) in [5.74, 6) is -12.2. The summed E-state index contributed by atoms with van der Waals surface area (Å²) < 4.78 is 16.6. The maximum Gasteiger partial charge on any atom is 0.317 e. The zero-order valence-electron chi connectivity index (χ0n) is 62.0. The zero-order valence-corrected chi connectivity index (χ0v) is 62.0. The van der Waals surface area contributed by atoms with Crippen molar-refractivity contribution in [2.75, 3.05) is 119 Å². The molecule has 3 aromatic heterocycles. The number of unbranched alkanes of at least 4 members (excludes halogenated alkanes) is 1. The number of ether oxygens (including phenoxy) is 3. The number of hydrogen-bond acceptors (Lipinski definition) is 22. The maximum absolute atomic E-state index is 15.3. The number of aliphatic hydroxyl groups is 1. The number of benzene rings is 1. The average Bonchev–Trinajstić information content (AvgIpc) is 1.66. The third kappa shape index (κ3) is 28.1. The molecular weight excluding hydrogens is 1430 g/mol. The van der Waals surface area contributed by atoms with Crippen LogP contribution in [-0.4, -0.2) is 300 Å². The number of urea groups is 1. The van der Waals surface area contributed by atoms with E-state index in [0.717, 1.165) is 15.4 Å². The Morgan fingerprint density at radius 2 is 1.27 bits per heavy atom. The van der Waals surface area contributed by atoms with Crippen LogP contribution in [0.5, 0.6) is 0 Å². The number of carbonyl (C=O) groups excluding carboxylic acids is 12. The number of piperazine rings is 1. The Morgan fingerprint density at radius 1 is 0.627 bits per heavy atom. The maximum atomic E-state index is 15.3. The number of aromatic nitrogens is 3. The van der Waals surface area contributed by atoms with Gasteiger partial charge >= 0.3 is 18.0 Å². The van der Waals surface area contributed by atoms with Crippen LogP contribution in [-0.2, 0) is 102 Å². The molecule has 0 bridgehead atoms. The van der Waals surface area contributed by atoms with Crippen LogP contribution in [0, 0.1) is 0 Å². The van der Waals surface area contributed by atoms with Gasteiger partial charge in [-0.1, -0.05) is 37.3 Å². The molecule has 0 aliphatic carbocycles. The smallest absolute Gasteiger partial charge is 0.317 e. The Hall–Kier alpha value is -10.6. The number of aryl methyl sites for hydroxylation is 1. The number of carboxylic acids is 2. The quantitative estimate of drug-likeness (QED) is 0.0213. The summed E-state index contributed by atoms with van der Waals surface area (Å²) >= 11 is 0. The summed E-state index contributed by atoms with van der Waals surface area (Å²) in [7, 11) is 1.28. The molecule has 0 radical (unpaired) electrons. The summed E-state index contributed by atoms with van der Waals surface area (Å²) in [6.07, 6.45) is 5.04. The van der Waals surface area contributed by atoms with E-state index in [-0.39, 0.29) is 136 Å². The summed E-state index contributed by atoms with van der Waals surface area (Å²) in [4.78, 5) is 213. The Kier molecular flexibility index (Phi) is 35.8. The Balaban J connectivity index is 1.23. The Morgan fingerprint density at radius 3 is 1.98 bits per heavy atom. The predicted molar refractivity (Wildman–Crippen MR) is 393 cm³/mol. The minimum atomic E-state index is -1.87. The Labute approximate surface area is 635 Å². The molecule has 3 aliphatic rings. The van der Waals surface area contributed by atoms with E-state index >= 15 is 14.4 Å². The van der Waals surface area contributed by atoms with Gasteiger partial charge in [0, 0.05) is 129 Å². The number of Topliss-reactive ketones (excluding diaryl/α,β-unsaturated/α-hetero) is 1. The summed E-state index contributed by atoms with van der Waals surface area (Å²) in [5.41, 5.74) is 8.07. The molecule has 8 atom stereocenters. The number of pyridine rings is 2. The van der Waals surface area contributed by atoms with Crippen molar-refractivity contribution in [2.45, 2.75) is 145 Å². The number of carbonyl (C=O) groups is 14. The molecule has 0 unspecified atom stereocenters. The van der Waals surface area contributed by atoms with Crippen molar-refractivity contribution in [1.29, 1.82) is 0 Å². The first-order chi connectivity index (χ1) is 52.9. The first kappa shape index (κ1) is 86.6. The van der Waals surface area contributed by atoms with Crippen molar-refractivity contribution >= 4 is 93.9 Å². The van der Waals surface area contributed by atoms with Gasteiger partial charge in [0.2, 0.25) is 59.1 Å². The van der Waals surface area contributed by atoms with Crippen molar-refractivity contribution in [3.8, 4) is 0 Å². The predicted octanol–water partition coefficient (Wildman–Crippen LogP) is -3.29. The molecular formula is C73H103N17O20. The average molecular weight is 1540 g/mol. The van der Waals surface area contributed by atoms with E-state index in [0.29, 0.717) is 66.8 Å².